The Morgan fingerprint density at radius 3 is 2.61 bits per heavy atom. The first-order valence-electron chi connectivity index (χ1n) is 6.59. The van der Waals surface area contributed by atoms with Crippen molar-refractivity contribution in [2.24, 2.45) is 0 Å². The molecule has 1 atom stereocenters. The van der Waals surface area contributed by atoms with E-state index < -0.39 is 0 Å². The van der Waals surface area contributed by atoms with Crippen molar-refractivity contribution < 1.29 is 5.11 Å². The van der Waals surface area contributed by atoms with E-state index >= 15 is 0 Å². The molecule has 2 rings (SSSR count). The maximum atomic E-state index is 10.2. The molecule has 0 bridgehead atoms. The topological polar surface area (TPSA) is 20.2 Å². The van der Waals surface area contributed by atoms with Crippen LogP contribution in [0.25, 0.3) is 10.8 Å². The molecule has 0 unspecified atom stereocenters. The summed E-state index contributed by atoms with van der Waals surface area (Å²) >= 11 is 0. The summed E-state index contributed by atoms with van der Waals surface area (Å²) < 4.78 is 0. The zero-order chi connectivity index (χ0) is 12.8. The molecule has 94 valence electrons. The van der Waals surface area contributed by atoms with E-state index in [2.05, 4.69) is 30.8 Å². The second kappa shape index (κ2) is 6.36. The van der Waals surface area contributed by atoms with Crippen molar-refractivity contribution in [3.05, 3.63) is 60.7 Å². The van der Waals surface area contributed by atoms with Gasteiger partial charge in [-0.3, -0.25) is 0 Å². The summed E-state index contributed by atoms with van der Waals surface area (Å²) in [7, 11) is 0. The van der Waals surface area contributed by atoms with Gasteiger partial charge in [-0.15, -0.1) is 6.58 Å². The fraction of sp³-hybridized carbons (Fsp3) is 0.294. The van der Waals surface area contributed by atoms with Crippen LogP contribution in [-0.2, 0) is 0 Å². The number of aliphatic hydroxyl groups excluding tert-OH is 1. The quantitative estimate of drug-likeness (QED) is 0.577. The zero-order valence-corrected chi connectivity index (χ0v) is 10.7. The van der Waals surface area contributed by atoms with Gasteiger partial charge in [0, 0.05) is 0 Å². The van der Waals surface area contributed by atoms with E-state index in [0.29, 0.717) is 0 Å². The second-order valence-electron chi connectivity index (χ2n) is 4.70. The van der Waals surface area contributed by atoms with Crippen LogP contribution in [0.5, 0.6) is 0 Å². The minimum absolute atomic E-state index is 0.348. The van der Waals surface area contributed by atoms with Crippen LogP contribution < -0.4 is 0 Å². The average molecular weight is 240 g/mol. The molecular weight excluding hydrogens is 220 g/mol. The summed E-state index contributed by atoms with van der Waals surface area (Å²) in [5.74, 6) is 0. The van der Waals surface area contributed by atoms with Crippen LogP contribution in [0.15, 0.2) is 55.1 Å². The lowest BCUT2D eigenvalue weighted by Crippen LogP contribution is -1.97. The SMILES string of the molecule is C=CCCCC[C@H](O)c1ccc2ccccc2c1. The van der Waals surface area contributed by atoms with Crippen molar-refractivity contribution in [1.29, 1.82) is 0 Å². The van der Waals surface area contributed by atoms with Crippen LogP contribution in [0.4, 0.5) is 0 Å². The summed E-state index contributed by atoms with van der Waals surface area (Å²) in [6.45, 7) is 3.71. The molecular formula is C17H20O. The molecule has 0 aliphatic carbocycles. The first-order chi connectivity index (χ1) is 8.81. The molecule has 0 aliphatic heterocycles. The standard InChI is InChI=1S/C17H20O/c1-2-3-4-5-10-17(18)16-12-11-14-8-6-7-9-15(14)13-16/h2,6-9,11-13,17-18H,1,3-5,10H2/t17-/m0/s1. The van der Waals surface area contributed by atoms with Gasteiger partial charge in [0.15, 0.2) is 0 Å². The lowest BCUT2D eigenvalue weighted by Gasteiger charge is -2.11. The Labute approximate surface area is 109 Å². The van der Waals surface area contributed by atoms with E-state index in [9.17, 15) is 5.11 Å². The molecule has 0 aromatic heterocycles. The van der Waals surface area contributed by atoms with Crippen LogP contribution >= 0.6 is 0 Å². The smallest absolute Gasteiger partial charge is 0.0790 e. The Hall–Kier alpha value is -1.60. The number of allylic oxidation sites excluding steroid dienone is 1. The molecule has 0 aliphatic rings. The fourth-order valence-corrected chi connectivity index (χ4v) is 2.21. The van der Waals surface area contributed by atoms with Crippen LogP contribution in [0.1, 0.15) is 37.4 Å². The third kappa shape index (κ3) is 3.21. The van der Waals surface area contributed by atoms with Gasteiger partial charge in [-0.25, -0.2) is 0 Å². The van der Waals surface area contributed by atoms with Crippen LogP contribution in [0.3, 0.4) is 0 Å². The first-order valence-corrected chi connectivity index (χ1v) is 6.59. The molecule has 2 aromatic carbocycles. The number of unbranched alkanes of at least 4 members (excludes halogenated alkanes) is 2. The van der Waals surface area contributed by atoms with E-state index in [1.54, 1.807) is 0 Å². The van der Waals surface area contributed by atoms with Crippen LogP contribution in [0, 0.1) is 0 Å². The molecule has 0 radical (unpaired) electrons. The predicted octanol–water partition coefficient (Wildman–Crippen LogP) is 4.62. The zero-order valence-electron chi connectivity index (χ0n) is 10.7. The third-order valence-electron chi connectivity index (χ3n) is 3.29. The normalized spacial score (nSPS) is 12.5. The molecule has 0 heterocycles. The molecule has 1 N–H and O–H groups in total. The number of aliphatic hydroxyl groups is 1. The van der Waals surface area contributed by atoms with Crippen molar-refractivity contribution in [1.82, 2.24) is 0 Å². The highest BCUT2D eigenvalue weighted by Gasteiger charge is 2.07. The van der Waals surface area contributed by atoms with Crippen molar-refractivity contribution in [3.8, 4) is 0 Å². The fourth-order valence-electron chi connectivity index (χ4n) is 2.21. The molecule has 0 saturated carbocycles. The summed E-state index contributed by atoms with van der Waals surface area (Å²) in [4.78, 5) is 0. The molecule has 18 heavy (non-hydrogen) atoms. The van der Waals surface area contributed by atoms with Crippen molar-refractivity contribution in [2.75, 3.05) is 0 Å². The van der Waals surface area contributed by atoms with Gasteiger partial charge >= 0.3 is 0 Å². The minimum Gasteiger partial charge on any atom is -0.388 e. The van der Waals surface area contributed by atoms with Gasteiger partial charge in [0.2, 0.25) is 0 Å². The minimum atomic E-state index is -0.348. The average Bonchev–Trinajstić information content (AvgIpc) is 2.43. The molecule has 0 saturated heterocycles. The van der Waals surface area contributed by atoms with E-state index in [4.69, 9.17) is 0 Å². The summed E-state index contributed by atoms with van der Waals surface area (Å²) in [5, 5.41) is 12.6. The lowest BCUT2D eigenvalue weighted by atomic mass is 10.00. The Morgan fingerprint density at radius 2 is 1.83 bits per heavy atom. The van der Waals surface area contributed by atoms with Crippen LogP contribution in [-0.4, -0.2) is 5.11 Å². The monoisotopic (exact) mass is 240 g/mol. The highest BCUT2D eigenvalue weighted by atomic mass is 16.3. The molecule has 1 heteroatoms. The first kappa shape index (κ1) is 12.8. The van der Waals surface area contributed by atoms with Crippen LogP contribution in [0.2, 0.25) is 0 Å². The molecule has 2 aromatic rings. The molecule has 0 fully saturated rings. The van der Waals surface area contributed by atoms with Gasteiger partial charge in [0.05, 0.1) is 6.10 Å². The lowest BCUT2D eigenvalue weighted by molar-refractivity contribution is 0.164. The van der Waals surface area contributed by atoms with Crippen molar-refractivity contribution in [3.63, 3.8) is 0 Å². The number of benzene rings is 2. The number of fused-ring (bicyclic) bond motifs is 1. The largest absolute Gasteiger partial charge is 0.388 e. The van der Waals surface area contributed by atoms with E-state index in [0.717, 1.165) is 31.2 Å². The Balaban J connectivity index is 2.03. The summed E-state index contributed by atoms with van der Waals surface area (Å²) in [6, 6.07) is 14.4. The van der Waals surface area contributed by atoms with Crippen molar-refractivity contribution in [2.45, 2.75) is 31.8 Å². The predicted molar refractivity (Wildman–Crippen MR) is 77.6 cm³/mol. The van der Waals surface area contributed by atoms with Gasteiger partial charge in [-0.2, -0.15) is 0 Å². The van der Waals surface area contributed by atoms with Gasteiger partial charge in [-0.1, -0.05) is 48.9 Å². The van der Waals surface area contributed by atoms with Gasteiger partial charge < -0.3 is 5.11 Å². The number of rotatable bonds is 6. The summed E-state index contributed by atoms with van der Waals surface area (Å²) in [6.07, 6.45) is 5.59. The van der Waals surface area contributed by atoms with Gasteiger partial charge in [-0.05, 0) is 41.7 Å². The van der Waals surface area contributed by atoms with E-state index in [1.165, 1.54) is 10.8 Å². The molecule has 0 amide bonds. The second-order valence-corrected chi connectivity index (χ2v) is 4.70. The number of hydrogen-bond acceptors (Lipinski definition) is 1. The van der Waals surface area contributed by atoms with Gasteiger partial charge in [0.1, 0.15) is 0 Å². The highest BCUT2D eigenvalue weighted by Crippen LogP contribution is 2.23. The summed E-state index contributed by atoms with van der Waals surface area (Å²) in [5.41, 5.74) is 1.02. The Bertz CT molecular complexity index is 516. The highest BCUT2D eigenvalue weighted by molar-refractivity contribution is 5.83. The Kier molecular flexibility index (Phi) is 4.54. The van der Waals surface area contributed by atoms with E-state index in [1.807, 2.05) is 24.3 Å². The molecule has 0 spiro atoms. The van der Waals surface area contributed by atoms with E-state index in [-0.39, 0.29) is 6.10 Å². The Morgan fingerprint density at radius 1 is 1.06 bits per heavy atom. The maximum Gasteiger partial charge on any atom is 0.0790 e. The van der Waals surface area contributed by atoms with Gasteiger partial charge in [0.25, 0.3) is 0 Å². The third-order valence-corrected chi connectivity index (χ3v) is 3.29. The molecule has 1 nitrogen and oxygen atoms in total. The maximum absolute atomic E-state index is 10.2. The number of hydrogen-bond donors (Lipinski definition) is 1. The van der Waals surface area contributed by atoms with Crippen molar-refractivity contribution >= 4 is 10.8 Å².